The van der Waals surface area contributed by atoms with Crippen LogP contribution in [0.25, 0.3) is 0 Å². The second-order valence-corrected chi connectivity index (χ2v) is 5.05. The third-order valence-corrected chi connectivity index (χ3v) is 3.27. The van der Waals surface area contributed by atoms with Gasteiger partial charge >= 0.3 is 0 Å². The summed E-state index contributed by atoms with van der Waals surface area (Å²) in [5, 5.41) is 0. The molecule has 84 valence electrons. The van der Waals surface area contributed by atoms with Crippen molar-refractivity contribution >= 4 is 0 Å². The summed E-state index contributed by atoms with van der Waals surface area (Å²) in [5.41, 5.74) is 2.82. The van der Waals surface area contributed by atoms with Crippen LogP contribution >= 0.6 is 0 Å². The lowest BCUT2D eigenvalue weighted by Gasteiger charge is -2.18. The van der Waals surface area contributed by atoms with Crippen molar-refractivity contribution in [2.75, 3.05) is 0 Å². The molecule has 15 heavy (non-hydrogen) atoms. The van der Waals surface area contributed by atoms with Crippen molar-refractivity contribution in [2.45, 2.75) is 46.5 Å². The van der Waals surface area contributed by atoms with Gasteiger partial charge in [0.15, 0.2) is 0 Å². The van der Waals surface area contributed by atoms with Crippen molar-refractivity contribution in [3.05, 3.63) is 36.0 Å². The fourth-order valence-electron chi connectivity index (χ4n) is 2.00. The van der Waals surface area contributed by atoms with Gasteiger partial charge in [-0.05, 0) is 44.4 Å². The van der Waals surface area contributed by atoms with E-state index in [1.165, 1.54) is 18.4 Å². The molecular weight excluding hydrogens is 180 g/mol. The van der Waals surface area contributed by atoms with E-state index >= 15 is 0 Å². The van der Waals surface area contributed by atoms with Gasteiger partial charge in [-0.1, -0.05) is 49.8 Å². The maximum absolute atomic E-state index is 4.09. The van der Waals surface area contributed by atoms with Crippen LogP contribution in [0.4, 0.5) is 0 Å². The van der Waals surface area contributed by atoms with Gasteiger partial charge in [0.1, 0.15) is 0 Å². The predicted octanol–water partition coefficient (Wildman–Crippen LogP) is 4.89. The van der Waals surface area contributed by atoms with Crippen LogP contribution in [0.5, 0.6) is 0 Å². The Bertz CT molecular complexity index is 266. The van der Waals surface area contributed by atoms with Crippen LogP contribution in [0.1, 0.15) is 46.5 Å². The van der Waals surface area contributed by atoms with Gasteiger partial charge < -0.3 is 0 Å². The smallest absolute Gasteiger partial charge is 0.0204 e. The number of hydrogen-bond acceptors (Lipinski definition) is 0. The molecule has 0 aromatic carbocycles. The molecule has 0 saturated carbocycles. The summed E-state index contributed by atoms with van der Waals surface area (Å²) in [7, 11) is 0. The molecule has 0 aliphatic heterocycles. The van der Waals surface area contributed by atoms with Gasteiger partial charge in [-0.25, -0.2) is 0 Å². The minimum absolute atomic E-state index is 0.711. The average molecular weight is 204 g/mol. The molecule has 1 aliphatic carbocycles. The van der Waals surface area contributed by atoms with Crippen LogP contribution in [0.15, 0.2) is 36.0 Å². The van der Waals surface area contributed by atoms with Crippen LogP contribution in [-0.4, -0.2) is 0 Å². The maximum Gasteiger partial charge on any atom is -0.0204 e. The fraction of sp³-hybridized carbons (Fsp3) is 0.600. The summed E-state index contributed by atoms with van der Waals surface area (Å²) >= 11 is 0. The van der Waals surface area contributed by atoms with E-state index in [1.54, 1.807) is 5.57 Å². The number of allylic oxidation sites excluding steroid dienone is 5. The SMILES string of the molecule is C=C1/C=C/[C@@H](C(C)C)CCC(C)=CCC1. The summed E-state index contributed by atoms with van der Waals surface area (Å²) in [6.07, 6.45) is 11.8. The van der Waals surface area contributed by atoms with Gasteiger partial charge in [0.2, 0.25) is 0 Å². The first kappa shape index (κ1) is 12.3. The van der Waals surface area contributed by atoms with Crippen LogP contribution < -0.4 is 0 Å². The molecule has 0 N–H and O–H groups in total. The molecule has 0 bridgehead atoms. The van der Waals surface area contributed by atoms with E-state index < -0.39 is 0 Å². The van der Waals surface area contributed by atoms with Gasteiger partial charge in [-0.3, -0.25) is 0 Å². The molecule has 1 atom stereocenters. The molecule has 0 saturated heterocycles. The second-order valence-electron chi connectivity index (χ2n) is 5.05. The van der Waals surface area contributed by atoms with E-state index in [-0.39, 0.29) is 0 Å². The molecule has 0 aromatic rings. The van der Waals surface area contributed by atoms with Crippen molar-refractivity contribution in [1.82, 2.24) is 0 Å². The van der Waals surface area contributed by atoms with Gasteiger partial charge in [-0.2, -0.15) is 0 Å². The molecule has 0 fully saturated rings. The highest BCUT2D eigenvalue weighted by atomic mass is 14.2. The van der Waals surface area contributed by atoms with Crippen molar-refractivity contribution in [1.29, 1.82) is 0 Å². The second kappa shape index (κ2) is 5.95. The zero-order valence-corrected chi connectivity index (χ0v) is 10.4. The molecule has 0 heteroatoms. The highest BCUT2D eigenvalue weighted by Crippen LogP contribution is 2.24. The molecule has 0 heterocycles. The van der Waals surface area contributed by atoms with Crippen LogP contribution in [-0.2, 0) is 0 Å². The fourth-order valence-corrected chi connectivity index (χ4v) is 2.00. The van der Waals surface area contributed by atoms with Gasteiger partial charge in [-0.15, -0.1) is 0 Å². The Balaban J connectivity index is 2.70. The van der Waals surface area contributed by atoms with Gasteiger partial charge in [0, 0.05) is 0 Å². The number of hydrogen-bond donors (Lipinski definition) is 0. The quantitative estimate of drug-likeness (QED) is 0.533. The Kier molecular flexibility index (Phi) is 4.87. The maximum atomic E-state index is 4.09. The zero-order chi connectivity index (χ0) is 11.3. The summed E-state index contributed by atoms with van der Waals surface area (Å²) < 4.78 is 0. The Morgan fingerprint density at radius 1 is 1.33 bits per heavy atom. The normalized spacial score (nSPS) is 26.3. The number of rotatable bonds is 1. The Hall–Kier alpha value is -0.780. The van der Waals surface area contributed by atoms with E-state index in [1.807, 2.05) is 0 Å². The molecule has 0 amide bonds. The molecule has 0 aromatic heterocycles. The van der Waals surface area contributed by atoms with Crippen molar-refractivity contribution < 1.29 is 0 Å². The lowest BCUT2D eigenvalue weighted by atomic mass is 9.88. The van der Waals surface area contributed by atoms with Crippen molar-refractivity contribution in [3.63, 3.8) is 0 Å². The third kappa shape index (κ3) is 4.51. The average Bonchev–Trinajstić information content (AvgIpc) is 2.16. The first-order valence-corrected chi connectivity index (χ1v) is 6.11. The molecule has 1 rings (SSSR count). The van der Waals surface area contributed by atoms with Crippen LogP contribution in [0.2, 0.25) is 0 Å². The molecule has 0 nitrogen and oxygen atoms in total. The Morgan fingerprint density at radius 2 is 2.07 bits per heavy atom. The molecule has 0 spiro atoms. The van der Waals surface area contributed by atoms with E-state index in [4.69, 9.17) is 0 Å². The molecule has 0 radical (unpaired) electrons. The standard InChI is InChI=1S/C15H24/c1-12(2)15-10-8-13(3)6-5-7-14(4)9-11-15/h7-8,10,12,15H,3,5-6,9,11H2,1-2,4H3/b10-8+,14-7?/t15-/m1/s1. The van der Waals surface area contributed by atoms with E-state index in [0.29, 0.717) is 5.92 Å². The van der Waals surface area contributed by atoms with E-state index in [2.05, 4.69) is 45.6 Å². The Morgan fingerprint density at radius 3 is 2.73 bits per heavy atom. The lowest BCUT2D eigenvalue weighted by molar-refractivity contribution is 0.435. The van der Waals surface area contributed by atoms with Crippen LogP contribution in [0.3, 0.4) is 0 Å². The predicted molar refractivity (Wildman–Crippen MR) is 68.8 cm³/mol. The van der Waals surface area contributed by atoms with Crippen molar-refractivity contribution in [2.24, 2.45) is 11.8 Å². The topological polar surface area (TPSA) is 0 Å². The summed E-state index contributed by atoms with van der Waals surface area (Å²) in [5.74, 6) is 1.45. The van der Waals surface area contributed by atoms with Crippen LogP contribution in [0, 0.1) is 11.8 Å². The monoisotopic (exact) mass is 204 g/mol. The lowest BCUT2D eigenvalue weighted by Crippen LogP contribution is -2.06. The molecule has 0 unspecified atom stereocenters. The van der Waals surface area contributed by atoms with Gasteiger partial charge in [0.25, 0.3) is 0 Å². The summed E-state index contributed by atoms with van der Waals surface area (Å²) in [4.78, 5) is 0. The van der Waals surface area contributed by atoms with Crippen molar-refractivity contribution in [3.8, 4) is 0 Å². The van der Waals surface area contributed by atoms with E-state index in [0.717, 1.165) is 18.8 Å². The first-order chi connectivity index (χ1) is 7.09. The minimum Gasteiger partial charge on any atom is -0.0958 e. The molecular formula is C15H24. The highest BCUT2D eigenvalue weighted by molar-refractivity contribution is 5.17. The largest absolute Gasteiger partial charge is 0.0958 e. The third-order valence-electron chi connectivity index (χ3n) is 3.27. The summed E-state index contributed by atoms with van der Waals surface area (Å²) in [6.45, 7) is 11.0. The van der Waals surface area contributed by atoms with Gasteiger partial charge in [0.05, 0.1) is 0 Å². The summed E-state index contributed by atoms with van der Waals surface area (Å²) in [6, 6.07) is 0. The molecule has 1 aliphatic rings. The zero-order valence-electron chi connectivity index (χ0n) is 10.4. The first-order valence-electron chi connectivity index (χ1n) is 6.11. The Labute approximate surface area is 94.8 Å². The minimum atomic E-state index is 0.711. The van der Waals surface area contributed by atoms with E-state index in [9.17, 15) is 0 Å². The highest BCUT2D eigenvalue weighted by Gasteiger charge is 2.10.